The van der Waals surface area contributed by atoms with Crippen LogP contribution in [-0.2, 0) is 13.0 Å². The molecule has 4 heterocycles. The highest BCUT2D eigenvalue weighted by molar-refractivity contribution is 7.21. The van der Waals surface area contributed by atoms with E-state index in [0.717, 1.165) is 35.4 Å². The quantitative estimate of drug-likeness (QED) is 0.642. The van der Waals surface area contributed by atoms with Gasteiger partial charge in [-0.15, -0.1) is 22.7 Å². The van der Waals surface area contributed by atoms with Crippen molar-refractivity contribution in [2.75, 3.05) is 19.3 Å². The second-order valence-corrected chi connectivity index (χ2v) is 9.93. The summed E-state index contributed by atoms with van der Waals surface area (Å²) in [6.07, 6.45) is 0.931. The number of nitrogens with zero attached hydrogens (tertiary/aromatic N) is 2. The van der Waals surface area contributed by atoms with Crippen LogP contribution in [0, 0.1) is 5.41 Å². The van der Waals surface area contributed by atoms with Gasteiger partial charge in [0.25, 0.3) is 0 Å². The van der Waals surface area contributed by atoms with Crippen LogP contribution in [-0.4, -0.2) is 29.3 Å². The molecule has 1 aliphatic rings. The minimum absolute atomic E-state index is 0.0882. The van der Waals surface area contributed by atoms with Crippen molar-refractivity contribution in [3.05, 3.63) is 33.6 Å². The molecule has 0 fully saturated rings. The van der Waals surface area contributed by atoms with Crippen LogP contribution in [0.4, 0.5) is 5.69 Å². The van der Waals surface area contributed by atoms with E-state index in [0.29, 0.717) is 10.6 Å². The van der Waals surface area contributed by atoms with E-state index in [1.54, 1.807) is 11.3 Å². The lowest BCUT2D eigenvalue weighted by Gasteiger charge is -2.26. The number of hydrogen-bond donors (Lipinski definition) is 1. The van der Waals surface area contributed by atoms with E-state index in [-0.39, 0.29) is 5.78 Å². The van der Waals surface area contributed by atoms with Gasteiger partial charge in [-0.25, -0.2) is 4.98 Å². The normalized spacial score (nSPS) is 15.4. The lowest BCUT2D eigenvalue weighted by molar-refractivity contribution is 0.0863. The number of hydrogen-bond acceptors (Lipinski definition) is 6. The van der Waals surface area contributed by atoms with Gasteiger partial charge in [-0.05, 0) is 24.1 Å². The highest BCUT2D eigenvalue weighted by Gasteiger charge is 2.31. The van der Waals surface area contributed by atoms with E-state index in [2.05, 4.69) is 29.5 Å². The number of carbonyl (C=O) groups excluding carboxylic acids is 1. The zero-order valence-corrected chi connectivity index (χ0v) is 17.2. The summed E-state index contributed by atoms with van der Waals surface area (Å²) in [4.78, 5) is 22.9. The first-order valence-corrected chi connectivity index (χ1v) is 10.5. The Morgan fingerprint density at radius 1 is 1.35 bits per heavy atom. The maximum absolute atomic E-state index is 12.9. The van der Waals surface area contributed by atoms with E-state index in [4.69, 9.17) is 10.7 Å². The maximum atomic E-state index is 12.9. The molecule has 0 aliphatic carbocycles. The summed E-state index contributed by atoms with van der Waals surface area (Å²) in [7, 11) is 2.14. The molecular formula is C20H23N3OS2. The maximum Gasteiger partial charge on any atom is 0.180 e. The molecule has 3 aromatic rings. The second kappa shape index (κ2) is 6.15. The van der Waals surface area contributed by atoms with Crippen molar-refractivity contribution in [3.63, 3.8) is 0 Å². The molecule has 4 rings (SSSR count). The first-order valence-electron chi connectivity index (χ1n) is 8.78. The minimum Gasteiger partial charge on any atom is -0.397 e. The lowest BCUT2D eigenvalue weighted by Crippen LogP contribution is -2.27. The Bertz CT molecular complexity index is 997. The third-order valence-electron chi connectivity index (χ3n) is 4.88. The topological polar surface area (TPSA) is 59.2 Å². The SMILES string of the molecule is CN1CCc2nc3sc(C(=O)C(C)(C)C)c(N)c3c(-c3cccs3)c2C1. The average molecular weight is 386 g/mol. The number of nitrogens with two attached hydrogens (primary N) is 1. The number of ketones is 1. The van der Waals surface area contributed by atoms with Crippen LogP contribution in [0.1, 0.15) is 41.7 Å². The molecule has 136 valence electrons. The Kier molecular flexibility index (Phi) is 4.17. The van der Waals surface area contributed by atoms with Crippen molar-refractivity contribution in [1.82, 2.24) is 9.88 Å². The molecule has 0 amide bonds. The second-order valence-electron chi connectivity index (χ2n) is 7.98. The van der Waals surface area contributed by atoms with E-state index in [1.807, 2.05) is 20.8 Å². The summed E-state index contributed by atoms with van der Waals surface area (Å²) in [5.74, 6) is 0.0882. The zero-order chi connectivity index (χ0) is 18.6. The molecule has 4 nitrogen and oxygen atoms in total. The number of thiophene rings is 2. The number of Topliss-reactive ketones (excluding diaryl/α,β-unsaturated/α-hetero) is 1. The molecule has 26 heavy (non-hydrogen) atoms. The number of likely N-dealkylation sites (N-methyl/N-ethyl adjacent to an activating group) is 1. The van der Waals surface area contributed by atoms with Crippen molar-refractivity contribution in [3.8, 4) is 10.4 Å². The molecule has 0 bridgehead atoms. The van der Waals surface area contributed by atoms with E-state index in [9.17, 15) is 4.79 Å². The fourth-order valence-electron chi connectivity index (χ4n) is 3.46. The highest BCUT2D eigenvalue weighted by atomic mass is 32.1. The van der Waals surface area contributed by atoms with Gasteiger partial charge in [0.2, 0.25) is 0 Å². The number of pyridine rings is 1. The number of anilines is 1. The van der Waals surface area contributed by atoms with Crippen LogP contribution in [0.3, 0.4) is 0 Å². The predicted molar refractivity (Wildman–Crippen MR) is 111 cm³/mol. The Labute approximate surface area is 161 Å². The molecule has 0 unspecified atom stereocenters. The van der Waals surface area contributed by atoms with E-state index >= 15 is 0 Å². The molecule has 0 saturated heterocycles. The molecular weight excluding hydrogens is 362 g/mol. The molecule has 0 atom stereocenters. The van der Waals surface area contributed by atoms with E-state index < -0.39 is 5.41 Å². The number of rotatable bonds is 2. The summed E-state index contributed by atoms with van der Waals surface area (Å²) in [5.41, 5.74) is 10.3. The van der Waals surface area contributed by atoms with Gasteiger partial charge < -0.3 is 10.6 Å². The number of aromatic nitrogens is 1. The summed E-state index contributed by atoms with van der Waals surface area (Å²) >= 11 is 3.16. The predicted octanol–water partition coefficient (Wildman–Crippen LogP) is 4.82. The van der Waals surface area contributed by atoms with Gasteiger partial charge in [-0.1, -0.05) is 26.8 Å². The van der Waals surface area contributed by atoms with Crippen LogP contribution < -0.4 is 5.73 Å². The Balaban J connectivity index is 2.05. The smallest absolute Gasteiger partial charge is 0.180 e. The van der Waals surface area contributed by atoms with Crippen LogP contribution in [0.2, 0.25) is 0 Å². The first-order chi connectivity index (χ1) is 12.3. The van der Waals surface area contributed by atoms with Gasteiger partial charge >= 0.3 is 0 Å². The largest absolute Gasteiger partial charge is 0.397 e. The molecule has 2 N–H and O–H groups in total. The van der Waals surface area contributed by atoms with Gasteiger partial charge in [-0.2, -0.15) is 0 Å². The third-order valence-corrected chi connectivity index (χ3v) is 6.86. The zero-order valence-electron chi connectivity index (χ0n) is 15.5. The number of carbonyl (C=O) groups is 1. The monoisotopic (exact) mass is 385 g/mol. The van der Waals surface area contributed by atoms with Crippen LogP contribution >= 0.6 is 22.7 Å². The number of fused-ring (bicyclic) bond motifs is 2. The fraction of sp³-hybridized carbons (Fsp3) is 0.400. The van der Waals surface area contributed by atoms with Gasteiger partial charge in [-0.3, -0.25) is 4.79 Å². The van der Waals surface area contributed by atoms with Crippen LogP contribution in [0.15, 0.2) is 17.5 Å². The van der Waals surface area contributed by atoms with Gasteiger partial charge in [0.05, 0.1) is 10.6 Å². The molecule has 0 saturated carbocycles. The van der Waals surface area contributed by atoms with E-state index in [1.165, 1.54) is 27.3 Å². The average Bonchev–Trinajstić information content (AvgIpc) is 3.20. The molecule has 0 spiro atoms. The number of nitrogen functional groups attached to an aromatic ring is 1. The minimum atomic E-state index is -0.460. The van der Waals surface area contributed by atoms with Crippen molar-refractivity contribution in [2.24, 2.45) is 5.41 Å². The van der Waals surface area contributed by atoms with Crippen molar-refractivity contribution < 1.29 is 4.79 Å². The molecule has 3 aromatic heterocycles. The lowest BCUT2D eigenvalue weighted by atomic mass is 9.89. The fourth-order valence-corrected chi connectivity index (χ4v) is 5.54. The summed E-state index contributed by atoms with van der Waals surface area (Å²) in [6.45, 7) is 7.68. The van der Waals surface area contributed by atoms with Crippen molar-refractivity contribution in [1.29, 1.82) is 0 Å². The third kappa shape index (κ3) is 2.76. The van der Waals surface area contributed by atoms with Crippen LogP contribution in [0.25, 0.3) is 20.7 Å². The Morgan fingerprint density at radius 3 is 2.77 bits per heavy atom. The Morgan fingerprint density at radius 2 is 2.12 bits per heavy atom. The summed E-state index contributed by atoms with van der Waals surface area (Å²) < 4.78 is 0. The molecule has 0 aromatic carbocycles. The summed E-state index contributed by atoms with van der Waals surface area (Å²) in [6, 6.07) is 4.20. The summed E-state index contributed by atoms with van der Waals surface area (Å²) in [5, 5.41) is 3.05. The standard InChI is InChI=1S/C20H23N3OS2/c1-20(2,3)18(24)17-16(21)15-14(13-6-5-9-25-13)11-10-23(4)8-7-12(11)22-19(15)26-17/h5-6,9H,7-8,10,21H2,1-4H3. The first kappa shape index (κ1) is 17.6. The van der Waals surface area contributed by atoms with Crippen LogP contribution in [0.5, 0.6) is 0 Å². The van der Waals surface area contributed by atoms with Gasteiger partial charge in [0.15, 0.2) is 5.78 Å². The highest BCUT2D eigenvalue weighted by Crippen LogP contribution is 2.45. The van der Waals surface area contributed by atoms with Gasteiger partial charge in [0, 0.05) is 46.4 Å². The Hall–Kier alpha value is -1.76. The van der Waals surface area contributed by atoms with Crippen molar-refractivity contribution in [2.45, 2.75) is 33.7 Å². The molecule has 6 heteroatoms. The molecule has 1 aliphatic heterocycles. The van der Waals surface area contributed by atoms with Gasteiger partial charge in [0.1, 0.15) is 4.83 Å². The van der Waals surface area contributed by atoms with Crippen molar-refractivity contribution >= 4 is 44.4 Å². The molecule has 0 radical (unpaired) electrons.